The maximum Gasteiger partial charge on any atom is 0.303 e. The van der Waals surface area contributed by atoms with Gasteiger partial charge in [0.25, 0.3) is 11.8 Å². The summed E-state index contributed by atoms with van der Waals surface area (Å²) in [4.78, 5) is 28.1. The average molecular weight is 634 g/mol. The smallest absolute Gasteiger partial charge is 0.303 e. The fraction of sp³-hybridized carbons (Fsp3) is 0.438. The molecule has 4 bridgehead atoms. The average Bonchev–Trinajstić information content (AvgIpc) is 3.46. The third kappa shape index (κ3) is 5.57. The Balaban J connectivity index is 1.93. The van der Waals surface area contributed by atoms with Gasteiger partial charge in [-0.2, -0.15) is 12.7 Å². The highest BCUT2D eigenvalue weighted by molar-refractivity contribution is 7.87. The molecule has 1 N–H and O–H groups in total. The van der Waals surface area contributed by atoms with Gasteiger partial charge in [-0.1, -0.05) is 25.2 Å². The van der Waals surface area contributed by atoms with E-state index in [1.165, 1.54) is 0 Å². The number of methoxy groups -OCH3 is 1. The van der Waals surface area contributed by atoms with E-state index in [9.17, 15) is 17.3 Å². The van der Waals surface area contributed by atoms with Gasteiger partial charge in [0.05, 0.1) is 43.4 Å². The number of nitrogens with zero attached hydrogens (tertiary/aromatic N) is 3. The molecule has 2 aliphatic heterocycles. The Kier molecular flexibility index (Phi) is 3.11. The predicted octanol–water partition coefficient (Wildman–Crippen LogP) is 4.16. The highest BCUT2D eigenvalue weighted by atomic mass is 32.2. The third-order valence-corrected chi connectivity index (χ3v) is 7.34. The summed E-state index contributed by atoms with van der Waals surface area (Å²) in [5.74, 6) is -8.76. The molecule has 10 nitrogen and oxygen atoms in total. The number of ether oxygens (including phenoxy) is 2. The molecular weight excluding hydrogens is 568 g/mol. The Labute approximate surface area is 290 Å². The molecule has 0 unspecified atom stereocenters. The zero-order valence-electron chi connectivity index (χ0n) is 48.7. The SMILES string of the molecule is [2H]C([2H])([2H])N1C(=O)C2=Cc3cc(OC)ccc3-c3c(C4([2H])C([2H])([2H])C([2H])([2H])C([2H])([2H])C([2H])([2H])C4([2H])[2H])c4ccc(cc4n3C2([2H])[2H])C(=O)NS(=O)(=O)N(C([2H])([2H])[2H])C([2H])([2H])C([2H])([2H])OC([2H])([2H])C1([2H])[2H]. The van der Waals surface area contributed by atoms with Crippen molar-refractivity contribution >= 4 is 39.0 Å². The molecule has 0 spiro atoms. The molecule has 2 aromatic carbocycles. The largest absolute Gasteiger partial charge is 0.497 e. The maximum absolute atomic E-state index is 15.1. The van der Waals surface area contributed by atoms with Gasteiger partial charge in [0.1, 0.15) is 5.75 Å². The number of benzene rings is 2. The number of likely N-dealkylation sites (N-methyl/N-ethyl adjacent to an activating group) is 2. The Morgan fingerprint density at radius 2 is 1.88 bits per heavy atom. The number of fused-ring (bicyclic) bond motifs is 4. The van der Waals surface area contributed by atoms with Crippen LogP contribution in [0.5, 0.6) is 5.75 Å². The van der Waals surface area contributed by atoms with Gasteiger partial charge >= 0.3 is 10.2 Å². The van der Waals surface area contributed by atoms with Gasteiger partial charge in [-0.25, -0.2) is 4.72 Å². The first-order chi connectivity index (χ1) is 31.0. The number of carbonyl (C=O) groups excluding carboxylic acids is 2. The van der Waals surface area contributed by atoms with Crippen LogP contribution in [0.25, 0.3) is 28.2 Å². The summed E-state index contributed by atoms with van der Waals surface area (Å²) in [7, 11) is -5.29. The topological polar surface area (TPSA) is 110 Å². The molecule has 11 heteroatoms. The lowest BCUT2D eigenvalue weighted by molar-refractivity contribution is -0.126. The van der Waals surface area contributed by atoms with E-state index in [1.54, 1.807) is 0 Å². The molecule has 0 saturated heterocycles. The minimum absolute atomic E-state index is 0.191. The first-order valence-electron chi connectivity index (χ1n) is 25.5. The van der Waals surface area contributed by atoms with Crippen LogP contribution in [-0.2, 0) is 26.2 Å². The summed E-state index contributed by atoms with van der Waals surface area (Å²) in [5, 5.41) is -0.870. The van der Waals surface area contributed by atoms with Crippen LogP contribution in [0.4, 0.5) is 0 Å². The Hall–Kier alpha value is -3.67. The van der Waals surface area contributed by atoms with Gasteiger partial charge in [0.15, 0.2) is 0 Å². The molecular formula is C32H38N4O6S. The predicted molar refractivity (Wildman–Crippen MR) is 165 cm³/mol. The molecule has 0 radical (unpaired) electrons. The Morgan fingerprint density at radius 1 is 1.07 bits per heavy atom. The van der Waals surface area contributed by atoms with Crippen LogP contribution in [0.15, 0.2) is 42.0 Å². The zero-order chi connectivity index (χ0) is 54.2. The van der Waals surface area contributed by atoms with E-state index in [-0.39, 0.29) is 10.3 Å². The summed E-state index contributed by atoms with van der Waals surface area (Å²) in [6.45, 7) is -31.7. The molecule has 0 atom stereocenters. The number of rotatable bonds is 2. The number of hydrogen-bond donors (Lipinski definition) is 1. The number of hydrogen-bond acceptors (Lipinski definition) is 6. The number of carbonyl (C=O) groups is 2. The lowest BCUT2D eigenvalue weighted by atomic mass is 9.81. The molecule has 1 aromatic heterocycles. The molecule has 3 aromatic rings. The highest BCUT2D eigenvalue weighted by Crippen LogP contribution is 2.47. The van der Waals surface area contributed by atoms with Crippen LogP contribution in [-0.4, -0.2) is 81.2 Å². The van der Waals surface area contributed by atoms with Gasteiger partial charge < -0.3 is 18.9 Å². The molecule has 6 rings (SSSR count). The van der Waals surface area contributed by atoms with Crippen LogP contribution in [0.1, 0.15) is 96.3 Å². The van der Waals surface area contributed by atoms with E-state index in [2.05, 4.69) is 4.74 Å². The molecule has 1 saturated carbocycles. The van der Waals surface area contributed by atoms with E-state index >= 15 is 4.79 Å². The van der Waals surface area contributed by atoms with E-state index in [4.69, 9.17) is 37.6 Å². The van der Waals surface area contributed by atoms with Crippen molar-refractivity contribution in [1.82, 2.24) is 18.5 Å². The number of aromatic nitrogens is 1. The van der Waals surface area contributed by atoms with Crippen molar-refractivity contribution in [3.63, 3.8) is 0 Å². The summed E-state index contributed by atoms with van der Waals surface area (Å²) >= 11 is 0. The van der Waals surface area contributed by atoms with E-state index in [1.807, 2.05) is 0 Å². The van der Waals surface area contributed by atoms with Crippen LogP contribution in [0.2, 0.25) is 0 Å². The Bertz CT molecular complexity index is 2840. The molecule has 3 aliphatic rings. The Morgan fingerprint density at radius 3 is 2.65 bits per heavy atom. The van der Waals surface area contributed by atoms with Crippen molar-refractivity contribution in [2.75, 3.05) is 47.2 Å². The van der Waals surface area contributed by atoms with Crippen molar-refractivity contribution in [2.45, 2.75) is 44.3 Å². The van der Waals surface area contributed by atoms with Crippen LogP contribution in [0.3, 0.4) is 0 Å². The van der Waals surface area contributed by atoms with Gasteiger partial charge in [0, 0.05) is 80.6 Å². The van der Waals surface area contributed by atoms with Crippen molar-refractivity contribution in [3.05, 3.63) is 58.7 Å². The molecule has 1 aliphatic carbocycles. The lowest BCUT2D eigenvalue weighted by Crippen LogP contribution is -2.42. The molecule has 2 amide bonds. The van der Waals surface area contributed by atoms with Crippen molar-refractivity contribution in [2.24, 2.45) is 0 Å². The summed E-state index contributed by atoms with van der Waals surface area (Å²) < 4.78 is 272. The maximum atomic E-state index is 15.1. The van der Waals surface area contributed by atoms with Gasteiger partial charge in [-0.3, -0.25) is 9.59 Å². The van der Waals surface area contributed by atoms with E-state index in [0.29, 0.717) is 24.3 Å². The van der Waals surface area contributed by atoms with Crippen molar-refractivity contribution in [1.29, 1.82) is 0 Å². The summed E-state index contributed by atoms with van der Waals surface area (Å²) in [6.07, 6.45) is -20.6. The fourth-order valence-corrected chi connectivity index (χ4v) is 5.06. The normalized spacial score (nSPS) is 42.8. The van der Waals surface area contributed by atoms with Crippen LogP contribution in [0, 0.1) is 0 Å². The number of amides is 2. The molecule has 1 fully saturated rings. The van der Waals surface area contributed by atoms with Crippen molar-refractivity contribution in [3.8, 4) is 17.0 Å². The highest BCUT2D eigenvalue weighted by Gasteiger charge is 2.31. The van der Waals surface area contributed by atoms with Gasteiger partial charge in [0.2, 0.25) is 0 Å². The molecule has 43 heavy (non-hydrogen) atoms. The first kappa shape index (κ1) is 11.4. The number of nitrogens with one attached hydrogen (secondary N) is 1. The minimum atomic E-state index is -6.38. The van der Waals surface area contributed by atoms with E-state index in [0.717, 1.165) is 30.0 Å². The first-order valence-corrected chi connectivity index (χ1v) is 13.4. The summed E-state index contributed by atoms with van der Waals surface area (Å²) in [5.41, 5.74) is -7.07. The van der Waals surface area contributed by atoms with Crippen LogP contribution >= 0.6 is 0 Å². The summed E-state index contributed by atoms with van der Waals surface area (Å²) in [6, 6.07) is 4.72. The second kappa shape index (κ2) is 11.8. The minimum Gasteiger partial charge on any atom is -0.497 e. The molecule has 3 heterocycles. The lowest BCUT2D eigenvalue weighted by Gasteiger charge is -2.24. The third-order valence-electron chi connectivity index (χ3n) is 6.33. The standard InChI is InChI=1S/C32H38N4O6S/c1-34-13-15-42-16-14-35(2)43(39,40)33-31(37)22-9-11-27-28(19-22)36-20-24(32(34)38)17-23-18-25(41-3)10-12-26(23)30(36)29(27)21-7-5-4-6-8-21/h9-12,17-19,21H,4-8,13-16,20H2,1-3H3,(H,33,37)/i1D3,2D3,4D2,5D2,6D2,7D2,8D2,13D2,14D2,15D2,16D2,20D2,21D. The van der Waals surface area contributed by atoms with Gasteiger partial charge in [-0.05, 0) is 66.2 Å². The zero-order valence-corrected chi connectivity index (χ0v) is 22.6. The van der Waals surface area contributed by atoms with Gasteiger partial charge in [-0.15, -0.1) is 0 Å². The monoisotopic (exact) mass is 633 g/mol. The second-order valence-corrected chi connectivity index (χ2v) is 10.3. The van der Waals surface area contributed by atoms with E-state index < -0.39 is 160 Å². The van der Waals surface area contributed by atoms with Crippen molar-refractivity contribution < 1.29 is 64.5 Å². The second-order valence-electron chi connectivity index (χ2n) is 8.78. The quantitative estimate of drug-likeness (QED) is 0.454. The fourth-order valence-electron chi connectivity index (χ4n) is 4.46. The molecule has 228 valence electrons. The van der Waals surface area contributed by atoms with Crippen LogP contribution < -0.4 is 9.46 Å².